The smallest absolute Gasteiger partial charge is 0.247 e. The van der Waals surface area contributed by atoms with Crippen molar-refractivity contribution in [3.8, 4) is 11.5 Å². The van der Waals surface area contributed by atoms with E-state index in [1.54, 1.807) is 18.2 Å². The van der Waals surface area contributed by atoms with E-state index in [1.165, 1.54) is 26.4 Å². The number of benzene rings is 2. The minimum atomic E-state index is -1.14. The molecule has 4 saturated carbocycles. The maximum Gasteiger partial charge on any atom is 0.247 e. The number of nitrogens with one attached hydrogen (secondary N) is 1. The number of carbonyl (C=O) groups is 3. The summed E-state index contributed by atoms with van der Waals surface area (Å²) in [5, 5.41) is 24.4. The fourth-order valence-electron chi connectivity index (χ4n) is 9.64. The van der Waals surface area contributed by atoms with Gasteiger partial charge in [0.2, 0.25) is 11.8 Å². The second-order valence-electron chi connectivity index (χ2n) is 14.0. The first-order valence-corrected chi connectivity index (χ1v) is 16.3. The summed E-state index contributed by atoms with van der Waals surface area (Å²) in [7, 11) is 1.48. The monoisotopic (exact) mass is 614 g/mol. The van der Waals surface area contributed by atoms with Gasteiger partial charge in [-0.15, -0.1) is 0 Å². The molecule has 3 N–H and O–H groups in total. The molecule has 1 heterocycles. The highest BCUT2D eigenvalue weighted by atomic mass is 16.5. The highest BCUT2D eigenvalue weighted by Gasteiger charge is 2.55. The van der Waals surface area contributed by atoms with Crippen LogP contribution in [0.2, 0.25) is 0 Å². The standard InChI is InChI=1S/C36H42N2O7/c1-44-29-13-25(19-40)12-26-31-27(35(43)37-7-8-39)15-28(32(42)34(31)45-33(26)29)38(30(41)14-21-5-3-2-4-6-21)20-36-16-22-9-23(17-36)11-24(10-22)18-36/h2-6,12-13,15,19,22-24,28,31-32,34,39,42H,7-11,14,16-18,20H2,1H3,(H,37,43)/t22?,23?,24?,28-,31+,32+,34+,36?/m1/s1. The van der Waals surface area contributed by atoms with Crippen LogP contribution in [0, 0.1) is 23.2 Å². The van der Waals surface area contributed by atoms with Crippen molar-refractivity contribution in [1.82, 2.24) is 10.2 Å². The molecular weight excluding hydrogens is 572 g/mol. The number of methoxy groups -OCH3 is 1. The summed E-state index contributed by atoms with van der Waals surface area (Å²) >= 11 is 0. The molecule has 4 fully saturated rings. The van der Waals surface area contributed by atoms with Crippen LogP contribution in [0.4, 0.5) is 0 Å². The molecule has 1 aliphatic heterocycles. The molecule has 0 saturated heterocycles. The lowest BCUT2D eigenvalue weighted by atomic mass is 9.49. The van der Waals surface area contributed by atoms with Gasteiger partial charge < -0.3 is 29.9 Å². The van der Waals surface area contributed by atoms with Crippen LogP contribution in [0.1, 0.15) is 65.9 Å². The van der Waals surface area contributed by atoms with Crippen molar-refractivity contribution in [3.63, 3.8) is 0 Å². The summed E-state index contributed by atoms with van der Waals surface area (Å²) in [6, 6.07) is 12.1. The summed E-state index contributed by atoms with van der Waals surface area (Å²) in [6.45, 7) is 0.341. The van der Waals surface area contributed by atoms with Crippen molar-refractivity contribution in [1.29, 1.82) is 0 Å². The lowest BCUT2D eigenvalue weighted by Crippen LogP contribution is -2.60. The lowest BCUT2D eigenvalue weighted by Gasteiger charge is -2.58. The van der Waals surface area contributed by atoms with E-state index in [9.17, 15) is 24.6 Å². The Bertz CT molecular complexity index is 1470. The van der Waals surface area contributed by atoms with Gasteiger partial charge in [0.15, 0.2) is 11.5 Å². The number of ether oxygens (including phenoxy) is 2. The van der Waals surface area contributed by atoms with Crippen molar-refractivity contribution in [2.75, 3.05) is 26.8 Å². The largest absolute Gasteiger partial charge is 0.493 e. The summed E-state index contributed by atoms with van der Waals surface area (Å²) in [4.78, 5) is 41.8. The van der Waals surface area contributed by atoms with Gasteiger partial charge in [0.25, 0.3) is 0 Å². The highest BCUT2D eigenvalue weighted by molar-refractivity contribution is 5.96. The van der Waals surface area contributed by atoms with Gasteiger partial charge >= 0.3 is 0 Å². The quantitative estimate of drug-likeness (QED) is 0.350. The second kappa shape index (κ2) is 11.9. The van der Waals surface area contributed by atoms with E-state index in [-0.39, 0.29) is 30.9 Å². The Kier molecular flexibility index (Phi) is 7.94. The van der Waals surface area contributed by atoms with Crippen LogP contribution in [0.15, 0.2) is 54.1 Å². The van der Waals surface area contributed by atoms with E-state index in [4.69, 9.17) is 9.47 Å². The van der Waals surface area contributed by atoms with Gasteiger partial charge in [0, 0.05) is 29.8 Å². The molecule has 6 aliphatic rings. The van der Waals surface area contributed by atoms with Crippen molar-refractivity contribution < 1.29 is 34.1 Å². The molecule has 5 aliphatic carbocycles. The predicted octanol–water partition coefficient (Wildman–Crippen LogP) is 3.42. The predicted molar refractivity (Wildman–Crippen MR) is 166 cm³/mol. The van der Waals surface area contributed by atoms with Gasteiger partial charge in [-0.05, 0) is 85.5 Å². The van der Waals surface area contributed by atoms with Crippen molar-refractivity contribution >= 4 is 18.1 Å². The third-order valence-corrected chi connectivity index (χ3v) is 11.0. The SMILES string of the molecule is COc1cc(C=O)cc2c1O[C@@H]1[C@@H](O)[C@H](N(CC34CC5CC(CC(C5)C3)C4)C(=O)Cc3ccccc3)C=C(C(=O)NCCO)[C@H]21. The van der Waals surface area contributed by atoms with E-state index in [2.05, 4.69) is 5.32 Å². The molecule has 45 heavy (non-hydrogen) atoms. The van der Waals surface area contributed by atoms with Gasteiger partial charge in [0.1, 0.15) is 18.5 Å². The maximum atomic E-state index is 14.4. The number of hydrogen-bond donors (Lipinski definition) is 3. The van der Waals surface area contributed by atoms with Crippen molar-refractivity contribution in [2.45, 2.75) is 69.1 Å². The van der Waals surface area contributed by atoms with Gasteiger partial charge in [-0.25, -0.2) is 0 Å². The molecule has 8 rings (SSSR count). The third kappa shape index (κ3) is 5.44. The van der Waals surface area contributed by atoms with Crippen LogP contribution in [0.5, 0.6) is 11.5 Å². The number of aliphatic hydroxyl groups excluding tert-OH is 2. The van der Waals surface area contributed by atoms with Gasteiger partial charge in [-0.3, -0.25) is 14.4 Å². The molecule has 2 aromatic carbocycles. The van der Waals surface area contributed by atoms with Gasteiger partial charge in [-0.2, -0.15) is 0 Å². The molecular formula is C36H42N2O7. The molecule has 9 heteroatoms. The van der Waals surface area contributed by atoms with Crippen LogP contribution >= 0.6 is 0 Å². The summed E-state index contributed by atoms with van der Waals surface area (Å²) in [5.41, 5.74) is 2.17. The number of amides is 2. The zero-order chi connectivity index (χ0) is 31.3. The van der Waals surface area contributed by atoms with Crippen LogP contribution in [0.3, 0.4) is 0 Å². The molecule has 4 atom stereocenters. The van der Waals surface area contributed by atoms with Gasteiger partial charge in [0.05, 0.1) is 32.1 Å². The molecule has 2 aromatic rings. The fourth-order valence-corrected chi connectivity index (χ4v) is 9.64. The minimum Gasteiger partial charge on any atom is -0.493 e. The molecule has 238 valence electrons. The molecule has 0 radical (unpaired) electrons. The first-order valence-electron chi connectivity index (χ1n) is 16.3. The number of hydrogen-bond acceptors (Lipinski definition) is 7. The number of aliphatic hydroxyl groups is 2. The topological polar surface area (TPSA) is 125 Å². The van der Waals surface area contributed by atoms with E-state index < -0.39 is 30.1 Å². The van der Waals surface area contributed by atoms with Gasteiger partial charge in [-0.1, -0.05) is 30.3 Å². The van der Waals surface area contributed by atoms with Crippen molar-refractivity contribution in [3.05, 3.63) is 70.8 Å². The van der Waals surface area contributed by atoms with E-state index >= 15 is 0 Å². The number of rotatable bonds is 10. The highest BCUT2D eigenvalue weighted by Crippen LogP contribution is 2.60. The number of carbonyl (C=O) groups excluding carboxylic acids is 3. The molecule has 0 spiro atoms. The number of nitrogens with zero attached hydrogens (tertiary/aromatic N) is 1. The minimum absolute atomic E-state index is 0.00754. The number of fused-ring (bicyclic) bond motifs is 3. The molecule has 9 nitrogen and oxygen atoms in total. The summed E-state index contributed by atoms with van der Waals surface area (Å²) in [5.74, 6) is 1.58. The molecule has 0 unspecified atom stereocenters. The summed E-state index contributed by atoms with van der Waals surface area (Å²) < 4.78 is 12.0. The van der Waals surface area contributed by atoms with Crippen LogP contribution in [0.25, 0.3) is 0 Å². The normalized spacial score (nSPS) is 32.2. The molecule has 2 amide bonds. The molecule has 4 bridgehead atoms. The zero-order valence-corrected chi connectivity index (χ0v) is 25.7. The third-order valence-electron chi connectivity index (χ3n) is 11.0. The second-order valence-corrected chi connectivity index (χ2v) is 14.0. The number of aldehydes is 1. The van der Waals surface area contributed by atoms with Crippen LogP contribution in [-0.4, -0.2) is 78.3 Å². The Morgan fingerprint density at radius 1 is 1.09 bits per heavy atom. The van der Waals surface area contributed by atoms with E-state index in [0.29, 0.717) is 58.8 Å². The van der Waals surface area contributed by atoms with E-state index in [0.717, 1.165) is 24.8 Å². The molecule has 0 aromatic heterocycles. The van der Waals surface area contributed by atoms with E-state index in [1.807, 2.05) is 35.2 Å². The zero-order valence-electron chi connectivity index (χ0n) is 25.7. The Balaban J connectivity index is 1.30. The van der Waals surface area contributed by atoms with Crippen LogP contribution in [-0.2, 0) is 16.0 Å². The van der Waals surface area contributed by atoms with Crippen LogP contribution < -0.4 is 14.8 Å². The Labute approximate surface area is 263 Å². The fraction of sp³-hybridized carbons (Fsp3) is 0.528. The maximum absolute atomic E-state index is 14.4. The average molecular weight is 615 g/mol. The Morgan fingerprint density at radius 3 is 2.40 bits per heavy atom. The Morgan fingerprint density at radius 2 is 1.78 bits per heavy atom. The van der Waals surface area contributed by atoms with Crippen molar-refractivity contribution in [2.24, 2.45) is 23.2 Å². The first kappa shape index (κ1) is 30.0. The summed E-state index contributed by atoms with van der Waals surface area (Å²) in [6.07, 6.45) is 7.69. The Hall–Kier alpha value is -3.69. The average Bonchev–Trinajstić information content (AvgIpc) is 3.42. The first-order chi connectivity index (χ1) is 21.8. The lowest BCUT2D eigenvalue weighted by molar-refractivity contribution is -0.144.